The van der Waals surface area contributed by atoms with Crippen molar-refractivity contribution in [3.8, 4) is 5.75 Å². The number of anilines is 1. The molecule has 1 N–H and O–H groups in total. The standard InChI is InChI=1S/C15H21BrN2O/c1-10-7-11(9-18(10)12-3-4-12)17-15-8-13(19-2)5-6-14(15)16/h5-6,8,10-12,17H,3-4,7,9H2,1-2H3. The summed E-state index contributed by atoms with van der Waals surface area (Å²) in [5, 5.41) is 3.66. The molecule has 104 valence electrons. The first-order chi connectivity index (χ1) is 9.17. The van der Waals surface area contributed by atoms with Crippen LogP contribution in [0.4, 0.5) is 5.69 Å². The zero-order chi connectivity index (χ0) is 13.4. The molecule has 0 aromatic heterocycles. The van der Waals surface area contributed by atoms with Crippen molar-refractivity contribution in [1.82, 2.24) is 4.90 Å². The molecule has 0 amide bonds. The van der Waals surface area contributed by atoms with Gasteiger partial charge in [-0.2, -0.15) is 0 Å². The number of nitrogens with one attached hydrogen (secondary N) is 1. The molecule has 3 nitrogen and oxygen atoms in total. The average Bonchev–Trinajstić information content (AvgIpc) is 3.17. The Kier molecular flexibility index (Phi) is 3.72. The number of hydrogen-bond acceptors (Lipinski definition) is 3. The first-order valence-corrected chi connectivity index (χ1v) is 7.82. The first-order valence-electron chi connectivity index (χ1n) is 7.03. The van der Waals surface area contributed by atoms with E-state index in [-0.39, 0.29) is 0 Å². The van der Waals surface area contributed by atoms with Crippen molar-refractivity contribution >= 4 is 21.6 Å². The largest absolute Gasteiger partial charge is 0.497 e. The Labute approximate surface area is 123 Å². The lowest BCUT2D eigenvalue weighted by Gasteiger charge is -2.20. The van der Waals surface area contributed by atoms with Crippen LogP contribution in [-0.2, 0) is 0 Å². The van der Waals surface area contributed by atoms with E-state index in [1.165, 1.54) is 19.3 Å². The van der Waals surface area contributed by atoms with Crippen molar-refractivity contribution in [2.75, 3.05) is 19.0 Å². The first kappa shape index (κ1) is 13.3. The lowest BCUT2D eigenvalue weighted by molar-refractivity contribution is 0.257. The van der Waals surface area contributed by atoms with E-state index in [2.05, 4.69) is 39.1 Å². The van der Waals surface area contributed by atoms with Crippen LogP contribution in [0.1, 0.15) is 26.2 Å². The highest BCUT2D eigenvalue weighted by Crippen LogP contribution is 2.35. The summed E-state index contributed by atoms with van der Waals surface area (Å²) >= 11 is 3.61. The fourth-order valence-electron chi connectivity index (χ4n) is 3.04. The second kappa shape index (κ2) is 5.33. The molecule has 1 aromatic rings. The van der Waals surface area contributed by atoms with Gasteiger partial charge >= 0.3 is 0 Å². The maximum atomic E-state index is 5.29. The summed E-state index contributed by atoms with van der Waals surface area (Å²) in [6.07, 6.45) is 4.00. The van der Waals surface area contributed by atoms with Crippen molar-refractivity contribution in [2.24, 2.45) is 0 Å². The van der Waals surface area contributed by atoms with Crippen LogP contribution in [0.15, 0.2) is 22.7 Å². The lowest BCUT2D eigenvalue weighted by atomic mass is 10.2. The van der Waals surface area contributed by atoms with E-state index in [4.69, 9.17) is 4.74 Å². The van der Waals surface area contributed by atoms with Crippen LogP contribution in [0.3, 0.4) is 0 Å². The Bertz CT molecular complexity index is 461. The molecule has 4 heteroatoms. The van der Waals surface area contributed by atoms with Crippen molar-refractivity contribution < 1.29 is 4.74 Å². The van der Waals surface area contributed by atoms with E-state index in [0.717, 1.165) is 28.5 Å². The number of methoxy groups -OCH3 is 1. The van der Waals surface area contributed by atoms with E-state index in [1.54, 1.807) is 7.11 Å². The normalized spacial score (nSPS) is 27.5. The molecule has 3 rings (SSSR count). The maximum absolute atomic E-state index is 5.29. The smallest absolute Gasteiger partial charge is 0.121 e. The van der Waals surface area contributed by atoms with Crippen LogP contribution in [0.2, 0.25) is 0 Å². The molecule has 1 saturated heterocycles. The average molecular weight is 325 g/mol. The summed E-state index contributed by atoms with van der Waals surface area (Å²) in [5.74, 6) is 0.899. The molecule has 1 aromatic carbocycles. The lowest BCUT2D eigenvalue weighted by Crippen LogP contribution is -2.31. The van der Waals surface area contributed by atoms with E-state index in [1.807, 2.05) is 12.1 Å². The third kappa shape index (κ3) is 2.90. The zero-order valence-electron chi connectivity index (χ0n) is 11.5. The Morgan fingerprint density at radius 3 is 2.84 bits per heavy atom. The van der Waals surface area contributed by atoms with Crippen LogP contribution < -0.4 is 10.1 Å². The Morgan fingerprint density at radius 2 is 2.16 bits per heavy atom. The molecule has 1 heterocycles. The third-order valence-corrected chi connectivity index (χ3v) is 4.86. The SMILES string of the molecule is COc1ccc(Br)c(NC2CC(C)N(C3CC3)C2)c1. The highest BCUT2D eigenvalue weighted by molar-refractivity contribution is 9.10. The summed E-state index contributed by atoms with van der Waals surface area (Å²) in [6, 6.07) is 8.18. The van der Waals surface area contributed by atoms with Gasteiger partial charge in [-0.15, -0.1) is 0 Å². The predicted octanol–water partition coefficient (Wildman–Crippen LogP) is 3.49. The Hall–Kier alpha value is -0.740. The minimum atomic E-state index is 0.541. The molecule has 1 aliphatic heterocycles. The van der Waals surface area contributed by atoms with Crippen LogP contribution in [-0.4, -0.2) is 36.7 Å². The zero-order valence-corrected chi connectivity index (χ0v) is 13.1. The predicted molar refractivity (Wildman–Crippen MR) is 81.9 cm³/mol. The molecule has 1 saturated carbocycles. The van der Waals surface area contributed by atoms with Gasteiger partial charge in [-0.3, -0.25) is 4.90 Å². The topological polar surface area (TPSA) is 24.5 Å². The summed E-state index contributed by atoms with van der Waals surface area (Å²) in [7, 11) is 1.71. The molecular weight excluding hydrogens is 304 g/mol. The Morgan fingerprint density at radius 1 is 1.37 bits per heavy atom. The molecule has 19 heavy (non-hydrogen) atoms. The van der Waals surface area contributed by atoms with Gasteiger partial charge in [0.05, 0.1) is 12.8 Å². The summed E-state index contributed by atoms with van der Waals surface area (Å²) in [6.45, 7) is 3.51. The van der Waals surface area contributed by atoms with Crippen LogP contribution in [0.5, 0.6) is 5.75 Å². The van der Waals surface area contributed by atoms with Gasteiger partial charge in [-0.05, 0) is 54.2 Å². The molecule has 0 spiro atoms. The van der Waals surface area contributed by atoms with Crippen molar-refractivity contribution in [2.45, 2.75) is 44.3 Å². The van der Waals surface area contributed by atoms with Gasteiger partial charge in [-0.25, -0.2) is 0 Å². The quantitative estimate of drug-likeness (QED) is 0.917. The number of rotatable bonds is 4. The van der Waals surface area contributed by atoms with Crippen molar-refractivity contribution in [1.29, 1.82) is 0 Å². The third-order valence-electron chi connectivity index (χ3n) is 4.17. The van der Waals surface area contributed by atoms with E-state index in [0.29, 0.717) is 12.1 Å². The van der Waals surface area contributed by atoms with Gasteiger partial charge in [-0.1, -0.05) is 0 Å². The molecule has 2 fully saturated rings. The van der Waals surface area contributed by atoms with E-state index < -0.39 is 0 Å². The molecule has 1 aliphatic carbocycles. The van der Waals surface area contributed by atoms with Gasteiger partial charge in [0.15, 0.2) is 0 Å². The minimum absolute atomic E-state index is 0.541. The number of nitrogens with zero attached hydrogens (tertiary/aromatic N) is 1. The number of halogens is 1. The van der Waals surface area contributed by atoms with Gasteiger partial charge in [0, 0.05) is 35.2 Å². The Balaban J connectivity index is 1.68. The van der Waals surface area contributed by atoms with Gasteiger partial charge < -0.3 is 10.1 Å². The van der Waals surface area contributed by atoms with Crippen molar-refractivity contribution in [3.05, 3.63) is 22.7 Å². The molecule has 2 unspecified atom stereocenters. The summed E-state index contributed by atoms with van der Waals surface area (Å²) in [4.78, 5) is 2.66. The molecular formula is C15H21BrN2O. The molecule has 0 bridgehead atoms. The summed E-state index contributed by atoms with van der Waals surface area (Å²) in [5.41, 5.74) is 1.13. The van der Waals surface area contributed by atoms with Crippen LogP contribution in [0.25, 0.3) is 0 Å². The summed E-state index contributed by atoms with van der Waals surface area (Å²) < 4.78 is 6.40. The maximum Gasteiger partial charge on any atom is 0.121 e. The van der Waals surface area contributed by atoms with Crippen molar-refractivity contribution in [3.63, 3.8) is 0 Å². The van der Waals surface area contributed by atoms with Gasteiger partial charge in [0.2, 0.25) is 0 Å². The van der Waals surface area contributed by atoms with E-state index >= 15 is 0 Å². The number of hydrogen-bond donors (Lipinski definition) is 1. The van der Waals surface area contributed by atoms with E-state index in [9.17, 15) is 0 Å². The highest BCUT2D eigenvalue weighted by atomic mass is 79.9. The molecule has 2 atom stereocenters. The second-order valence-corrected chi connectivity index (χ2v) is 6.55. The number of likely N-dealkylation sites (tertiary alicyclic amines) is 1. The van der Waals surface area contributed by atoms with Crippen LogP contribution in [0, 0.1) is 0 Å². The minimum Gasteiger partial charge on any atom is -0.497 e. The van der Waals surface area contributed by atoms with Gasteiger partial charge in [0.1, 0.15) is 5.75 Å². The van der Waals surface area contributed by atoms with Crippen LogP contribution >= 0.6 is 15.9 Å². The fourth-order valence-corrected chi connectivity index (χ4v) is 3.40. The molecule has 0 radical (unpaired) electrons. The molecule has 2 aliphatic rings. The number of benzene rings is 1. The fraction of sp³-hybridized carbons (Fsp3) is 0.600. The number of ether oxygens (including phenoxy) is 1. The van der Waals surface area contributed by atoms with Gasteiger partial charge in [0.25, 0.3) is 0 Å². The second-order valence-electron chi connectivity index (χ2n) is 5.70. The highest BCUT2D eigenvalue weighted by Gasteiger charge is 2.38. The monoisotopic (exact) mass is 324 g/mol.